The number of nitrogens with zero attached hydrogens (tertiary/aromatic N) is 2. The molecule has 0 saturated carbocycles. The van der Waals surface area contributed by atoms with Crippen molar-refractivity contribution in [3.63, 3.8) is 0 Å². The zero-order valence-electron chi connectivity index (χ0n) is 17.5. The van der Waals surface area contributed by atoms with E-state index < -0.39 is 18.5 Å². The summed E-state index contributed by atoms with van der Waals surface area (Å²) < 4.78 is 20.9. The van der Waals surface area contributed by atoms with Crippen LogP contribution >= 0.6 is 11.6 Å². The molecule has 0 N–H and O–H groups in total. The molecule has 0 saturated heterocycles. The highest BCUT2D eigenvalue weighted by Crippen LogP contribution is 2.36. The molecule has 2 aromatic rings. The Morgan fingerprint density at radius 2 is 1.84 bits per heavy atom. The lowest BCUT2D eigenvalue weighted by Gasteiger charge is -2.22. The average molecular weight is 447 g/mol. The van der Waals surface area contributed by atoms with Gasteiger partial charge in [-0.25, -0.2) is 4.79 Å². The molecule has 2 rings (SSSR count). The van der Waals surface area contributed by atoms with Gasteiger partial charge in [0.15, 0.2) is 18.1 Å². The number of benzene rings is 2. The number of amides is 1. The molecular formula is C22H23ClN2O6. The summed E-state index contributed by atoms with van der Waals surface area (Å²) in [4.78, 5) is 26.5. The average Bonchev–Trinajstić information content (AvgIpc) is 2.78. The monoisotopic (exact) mass is 446 g/mol. The lowest BCUT2D eigenvalue weighted by molar-refractivity contribution is -0.121. The fourth-order valence-electron chi connectivity index (χ4n) is 2.77. The molecule has 0 spiro atoms. The molecule has 1 amide bonds. The number of halogens is 1. The minimum atomic E-state index is -0.747. The Balaban J connectivity index is 2.12. The van der Waals surface area contributed by atoms with Crippen LogP contribution in [0.25, 0.3) is 0 Å². The molecule has 0 aromatic heterocycles. The lowest BCUT2D eigenvalue weighted by atomic mass is 10.2. The molecule has 0 aliphatic rings. The van der Waals surface area contributed by atoms with Gasteiger partial charge in [-0.3, -0.25) is 4.79 Å². The first-order valence-electron chi connectivity index (χ1n) is 9.43. The highest BCUT2D eigenvalue weighted by molar-refractivity contribution is 6.32. The second-order valence-corrected chi connectivity index (χ2v) is 6.56. The molecule has 0 unspecified atom stereocenters. The standard InChI is InChI=1S/C22H23ClN2O6/c1-4-30-17-8-6-16(7-9-17)25(11-5-10-24)20(26)14-31-22(27)15-12-18(23)21(29-3)19(13-15)28-2/h6-9,12-13H,4-5,11,14H2,1-3H3. The number of nitriles is 1. The van der Waals surface area contributed by atoms with Crippen molar-refractivity contribution in [1.29, 1.82) is 5.26 Å². The summed E-state index contributed by atoms with van der Waals surface area (Å²) in [7, 11) is 2.84. The molecule has 8 nitrogen and oxygen atoms in total. The van der Waals surface area contributed by atoms with Gasteiger partial charge >= 0.3 is 5.97 Å². The number of carbonyl (C=O) groups is 2. The van der Waals surface area contributed by atoms with E-state index in [-0.39, 0.29) is 35.1 Å². The Morgan fingerprint density at radius 3 is 2.42 bits per heavy atom. The van der Waals surface area contributed by atoms with Crippen molar-refractivity contribution in [2.24, 2.45) is 0 Å². The Bertz CT molecular complexity index is 956. The molecule has 31 heavy (non-hydrogen) atoms. The molecule has 0 heterocycles. The third-order valence-electron chi connectivity index (χ3n) is 4.20. The molecule has 9 heteroatoms. The molecule has 0 radical (unpaired) electrons. The first-order valence-corrected chi connectivity index (χ1v) is 9.81. The highest BCUT2D eigenvalue weighted by Gasteiger charge is 2.20. The van der Waals surface area contributed by atoms with E-state index in [1.807, 2.05) is 13.0 Å². The van der Waals surface area contributed by atoms with Gasteiger partial charge in [0.2, 0.25) is 0 Å². The van der Waals surface area contributed by atoms with Crippen molar-refractivity contribution in [3.8, 4) is 23.3 Å². The van der Waals surface area contributed by atoms with Crippen molar-refractivity contribution in [3.05, 3.63) is 47.0 Å². The Labute approximate surface area is 185 Å². The normalized spacial score (nSPS) is 10.0. The van der Waals surface area contributed by atoms with Gasteiger partial charge in [0.1, 0.15) is 5.75 Å². The van der Waals surface area contributed by atoms with E-state index in [9.17, 15) is 9.59 Å². The lowest BCUT2D eigenvalue weighted by Crippen LogP contribution is -2.35. The van der Waals surface area contributed by atoms with Crippen molar-refractivity contribution in [2.45, 2.75) is 13.3 Å². The maximum Gasteiger partial charge on any atom is 0.338 e. The molecule has 0 aliphatic carbocycles. The van der Waals surface area contributed by atoms with E-state index in [0.717, 1.165) is 0 Å². The molecule has 0 fully saturated rings. The summed E-state index contributed by atoms with van der Waals surface area (Å²) in [6, 6.07) is 11.7. The van der Waals surface area contributed by atoms with E-state index in [0.29, 0.717) is 18.0 Å². The topological polar surface area (TPSA) is 98.1 Å². The molecule has 2 aromatic carbocycles. The zero-order valence-corrected chi connectivity index (χ0v) is 18.3. The quantitative estimate of drug-likeness (QED) is 0.511. The Hall–Kier alpha value is -3.44. The van der Waals surface area contributed by atoms with E-state index in [2.05, 4.69) is 0 Å². The van der Waals surface area contributed by atoms with E-state index in [1.165, 1.54) is 31.3 Å². The second kappa shape index (κ2) is 11.7. The molecule has 0 atom stereocenters. The van der Waals surface area contributed by atoms with E-state index >= 15 is 0 Å². The van der Waals surface area contributed by atoms with Crippen molar-refractivity contribution >= 4 is 29.2 Å². The number of hydrogen-bond acceptors (Lipinski definition) is 7. The smallest absolute Gasteiger partial charge is 0.338 e. The summed E-state index contributed by atoms with van der Waals surface area (Å²) in [6.45, 7) is 2.04. The number of carbonyl (C=O) groups excluding carboxylic acids is 2. The van der Waals surface area contributed by atoms with Crippen molar-refractivity contribution < 1.29 is 28.5 Å². The summed E-state index contributed by atoms with van der Waals surface area (Å²) >= 11 is 6.11. The summed E-state index contributed by atoms with van der Waals surface area (Å²) in [5.74, 6) is -0.00793. The number of esters is 1. The predicted molar refractivity (Wildman–Crippen MR) is 115 cm³/mol. The minimum absolute atomic E-state index is 0.111. The highest BCUT2D eigenvalue weighted by atomic mass is 35.5. The summed E-state index contributed by atoms with van der Waals surface area (Å²) in [5.41, 5.74) is 0.675. The van der Waals surface area contributed by atoms with Gasteiger partial charge in [-0.15, -0.1) is 0 Å². The Kier molecular flexibility index (Phi) is 8.97. The van der Waals surface area contributed by atoms with Crippen LogP contribution < -0.4 is 19.1 Å². The summed E-state index contributed by atoms with van der Waals surface area (Å²) in [5, 5.41) is 9.09. The van der Waals surface area contributed by atoms with Crippen LogP contribution in [0.4, 0.5) is 5.69 Å². The second-order valence-electron chi connectivity index (χ2n) is 6.15. The number of anilines is 1. The number of ether oxygens (including phenoxy) is 4. The van der Waals surface area contributed by atoms with E-state index in [1.54, 1.807) is 24.3 Å². The third-order valence-corrected chi connectivity index (χ3v) is 4.48. The summed E-state index contributed by atoms with van der Waals surface area (Å²) in [6.07, 6.45) is 0.123. The fourth-order valence-corrected chi connectivity index (χ4v) is 3.06. The van der Waals surface area contributed by atoms with Gasteiger partial charge in [-0.2, -0.15) is 5.26 Å². The van der Waals surface area contributed by atoms with Gasteiger partial charge in [0, 0.05) is 12.2 Å². The maximum absolute atomic E-state index is 12.7. The van der Waals surface area contributed by atoms with Crippen LogP contribution in [0.2, 0.25) is 5.02 Å². The number of rotatable bonds is 10. The molecule has 164 valence electrons. The third kappa shape index (κ3) is 6.27. The first kappa shape index (κ1) is 23.8. The molecular weight excluding hydrogens is 424 g/mol. The van der Waals surface area contributed by atoms with E-state index in [4.69, 9.17) is 35.8 Å². The van der Waals surface area contributed by atoms with Crippen LogP contribution in [0.5, 0.6) is 17.2 Å². The van der Waals surface area contributed by atoms with Crippen LogP contribution in [0, 0.1) is 11.3 Å². The van der Waals surface area contributed by atoms with Crippen LogP contribution in [-0.2, 0) is 9.53 Å². The first-order chi connectivity index (χ1) is 14.9. The van der Waals surface area contributed by atoms with Crippen LogP contribution in [0.1, 0.15) is 23.7 Å². The predicted octanol–water partition coefficient (Wildman–Crippen LogP) is 3.86. The van der Waals surface area contributed by atoms with Crippen molar-refractivity contribution in [2.75, 3.05) is 38.9 Å². The largest absolute Gasteiger partial charge is 0.494 e. The van der Waals surface area contributed by atoms with Crippen LogP contribution in [0.3, 0.4) is 0 Å². The van der Waals surface area contributed by atoms with Crippen molar-refractivity contribution in [1.82, 2.24) is 0 Å². The van der Waals surface area contributed by atoms with Crippen LogP contribution in [0.15, 0.2) is 36.4 Å². The molecule has 0 bridgehead atoms. The fraction of sp³-hybridized carbons (Fsp3) is 0.318. The number of methoxy groups -OCH3 is 2. The van der Waals surface area contributed by atoms with Gasteiger partial charge in [0.25, 0.3) is 5.91 Å². The number of hydrogen-bond donors (Lipinski definition) is 0. The minimum Gasteiger partial charge on any atom is -0.494 e. The van der Waals surface area contributed by atoms with Gasteiger partial charge in [0.05, 0.1) is 43.9 Å². The van der Waals surface area contributed by atoms with Crippen LogP contribution in [-0.4, -0.2) is 45.9 Å². The maximum atomic E-state index is 12.7. The zero-order chi connectivity index (χ0) is 22.8. The Morgan fingerprint density at radius 1 is 1.13 bits per heavy atom. The molecule has 0 aliphatic heterocycles. The van der Waals surface area contributed by atoms with Gasteiger partial charge < -0.3 is 23.8 Å². The van der Waals surface area contributed by atoms with Gasteiger partial charge in [-0.1, -0.05) is 11.6 Å². The van der Waals surface area contributed by atoms with Gasteiger partial charge in [-0.05, 0) is 43.3 Å². The SMILES string of the molecule is CCOc1ccc(N(CCC#N)C(=O)COC(=O)c2cc(Cl)c(OC)c(OC)c2)cc1.